The van der Waals surface area contributed by atoms with E-state index in [4.69, 9.17) is 4.74 Å². The van der Waals surface area contributed by atoms with Crippen molar-refractivity contribution in [2.75, 3.05) is 6.54 Å². The molecule has 0 aliphatic carbocycles. The molecule has 3 aromatic rings. The molecule has 5 heteroatoms. The zero-order chi connectivity index (χ0) is 24.9. The second-order valence-electron chi connectivity index (χ2n) is 9.33. The van der Waals surface area contributed by atoms with E-state index in [0.29, 0.717) is 25.3 Å². The highest BCUT2D eigenvalue weighted by Gasteiger charge is 2.32. The van der Waals surface area contributed by atoms with E-state index in [1.807, 2.05) is 55.1 Å². The summed E-state index contributed by atoms with van der Waals surface area (Å²) in [6, 6.07) is 22.2. The topological polar surface area (TPSA) is 58.6 Å². The molecule has 0 radical (unpaired) electrons. The average molecular weight is 471 g/mol. The molecule has 1 aliphatic heterocycles. The van der Waals surface area contributed by atoms with Gasteiger partial charge in [0, 0.05) is 19.5 Å². The van der Waals surface area contributed by atoms with Gasteiger partial charge in [-0.2, -0.15) is 0 Å². The molecule has 2 atom stereocenters. The van der Waals surface area contributed by atoms with Crippen LogP contribution < -0.4 is 10.1 Å². The van der Waals surface area contributed by atoms with Gasteiger partial charge in [0.1, 0.15) is 5.75 Å². The summed E-state index contributed by atoms with van der Waals surface area (Å²) in [7, 11) is 0. The largest absolute Gasteiger partial charge is 0.481 e. The van der Waals surface area contributed by atoms with E-state index in [1.54, 1.807) is 6.92 Å². The third-order valence-corrected chi connectivity index (χ3v) is 6.56. The van der Waals surface area contributed by atoms with Crippen LogP contribution in [0.1, 0.15) is 59.7 Å². The quantitative estimate of drug-likeness (QED) is 0.512. The Morgan fingerprint density at radius 1 is 1.03 bits per heavy atom. The number of carbonyl (C=O) groups excluding carboxylic acids is 2. The van der Waals surface area contributed by atoms with Crippen LogP contribution in [0.5, 0.6) is 5.75 Å². The molecule has 1 heterocycles. The van der Waals surface area contributed by atoms with E-state index in [0.717, 1.165) is 34.2 Å². The lowest BCUT2D eigenvalue weighted by Crippen LogP contribution is -2.40. The Labute approximate surface area is 208 Å². The average Bonchev–Trinajstić information content (AvgIpc) is 2.86. The number of hydrogen-bond acceptors (Lipinski definition) is 3. The van der Waals surface area contributed by atoms with E-state index in [1.165, 1.54) is 5.56 Å². The Hall–Kier alpha value is -3.60. The number of hydrogen-bond donors (Lipinski definition) is 1. The van der Waals surface area contributed by atoms with Crippen LogP contribution in [0.15, 0.2) is 66.7 Å². The molecule has 0 bridgehead atoms. The van der Waals surface area contributed by atoms with Crippen LogP contribution in [0.3, 0.4) is 0 Å². The molecule has 182 valence electrons. The first kappa shape index (κ1) is 24.5. The molecule has 3 aromatic carbocycles. The third kappa shape index (κ3) is 5.73. The van der Waals surface area contributed by atoms with E-state index in [9.17, 15) is 9.59 Å². The summed E-state index contributed by atoms with van der Waals surface area (Å²) in [5.74, 6) is 0.602. The lowest BCUT2D eigenvalue weighted by atomic mass is 9.87. The maximum absolute atomic E-state index is 12.8. The van der Waals surface area contributed by atoms with Crippen molar-refractivity contribution < 1.29 is 14.3 Å². The van der Waals surface area contributed by atoms with Gasteiger partial charge < -0.3 is 15.0 Å². The predicted molar refractivity (Wildman–Crippen MR) is 138 cm³/mol. The first-order valence-corrected chi connectivity index (χ1v) is 12.3. The molecule has 1 aliphatic rings. The molecule has 4 rings (SSSR count). The van der Waals surface area contributed by atoms with Crippen molar-refractivity contribution in [1.82, 2.24) is 10.2 Å². The second kappa shape index (κ2) is 10.8. The lowest BCUT2D eigenvalue weighted by Gasteiger charge is -2.38. The number of rotatable bonds is 7. The molecule has 0 saturated carbocycles. The molecule has 0 saturated heterocycles. The molecule has 35 heavy (non-hydrogen) atoms. The fourth-order valence-electron chi connectivity index (χ4n) is 4.75. The number of fused-ring (bicyclic) bond motifs is 1. The fourth-order valence-corrected chi connectivity index (χ4v) is 4.75. The summed E-state index contributed by atoms with van der Waals surface area (Å²) in [5.41, 5.74) is 6.74. The predicted octanol–water partition coefficient (Wildman–Crippen LogP) is 5.27. The monoisotopic (exact) mass is 470 g/mol. The smallest absolute Gasteiger partial charge is 0.261 e. The second-order valence-corrected chi connectivity index (χ2v) is 9.33. The van der Waals surface area contributed by atoms with Gasteiger partial charge in [-0.1, -0.05) is 72.6 Å². The van der Waals surface area contributed by atoms with Crippen LogP contribution >= 0.6 is 0 Å². The Kier molecular flexibility index (Phi) is 7.54. The summed E-state index contributed by atoms with van der Waals surface area (Å²) in [6.45, 7) is 8.91. The van der Waals surface area contributed by atoms with Crippen molar-refractivity contribution >= 4 is 11.8 Å². The highest BCUT2D eigenvalue weighted by Crippen LogP contribution is 2.38. The number of aryl methyl sites for hydroxylation is 2. The van der Waals surface area contributed by atoms with Gasteiger partial charge in [-0.15, -0.1) is 0 Å². The number of carbonyl (C=O) groups is 2. The van der Waals surface area contributed by atoms with Crippen molar-refractivity contribution in [3.8, 4) is 5.75 Å². The number of amides is 2. The Balaban J connectivity index is 1.54. The van der Waals surface area contributed by atoms with Crippen molar-refractivity contribution in [2.24, 2.45) is 0 Å². The first-order valence-electron chi connectivity index (χ1n) is 12.3. The normalized spacial score (nSPS) is 15.8. The molecule has 1 N–H and O–H groups in total. The SMILES string of the molecule is CCC(=O)N1CCc2ccc(O[C@H](C)C(=O)NCc3cccc(C)c3)cc2[C@H]1c1cccc(C)c1. The maximum Gasteiger partial charge on any atom is 0.261 e. The van der Waals surface area contributed by atoms with Gasteiger partial charge in [0.15, 0.2) is 6.10 Å². The minimum Gasteiger partial charge on any atom is -0.481 e. The summed E-state index contributed by atoms with van der Waals surface area (Å²) in [5, 5.41) is 2.96. The van der Waals surface area contributed by atoms with Crippen LogP contribution in [-0.4, -0.2) is 29.4 Å². The van der Waals surface area contributed by atoms with Crippen LogP contribution in [0, 0.1) is 13.8 Å². The molecular formula is C30H34N2O3. The van der Waals surface area contributed by atoms with Gasteiger partial charge in [-0.25, -0.2) is 0 Å². The molecule has 0 fully saturated rings. The van der Waals surface area contributed by atoms with Gasteiger partial charge in [0.25, 0.3) is 5.91 Å². The Bertz CT molecular complexity index is 1220. The highest BCUT2D eigenvalue weighted by atomic mass is 16.5. The number of ether oxygens (including phenoxy) is 1. The molecule has 0 spiro atoms. The minimum atomic E-state index is -0.646. The van der Waals surface area contributed by atoms with E-state index in [2.05, 4.69) is 42.6 Å². The van der Waals surface area contributed by atoms with E-state index < -0.39 is 6.10 Å². The molecule has 5 nitrogen and oxygen atoms in total. The van der Waals surface area contributed by atoms with Crippen molar-refractivity contribution in [3.63, 3.8) is 0 Å². The van der Waals surface area contributed by atoms with Gasteiger partial charge in [-0.05, 0) is 61.6 Å². The third-order valence-electron chi connectivity index (χ3n) is 6.56. The maximum atomic E-state index is 12.8. The van der Waals surface area contributed by atoms with Crippen molar-refractivity contribution in [1.29, 1.82) is 0 Å². The number of nitrogens with one attached hydrogen (secondary N) is 1. The Morgan fingerprint density at radius 2 is 1.77 bits per heavy atom. The summed E-state index contributed by atoms with van der Waals surface area (Å²) < 4.78 is 6.07. The number of nitrogens with zero attached hydrogens (tertiary/aromatic N) is 1. The van der Waals surface area contributed by atoms with E-state index in [-0.39, 0.29) is 17.9 Å². The van der Waals surface area contributed by atoms with Crippen LogP contribution in [0.25, 0.3) is 0 Å². The standard InChI is InChI=1S/C30H34N2O3/c1-5-28(33)32-15-14-24-12-13-26(18-27(24)29(32)25-11-7-9-21(3)17-25)35-22(4)30(34)31-19-23-10-6-8-20(2)16-23/h6-13,16-18,22,29H,5,14-15,19H2,1-4H3,(H,31,34)/t22-,29-/m1/s1. The van der Waals surface area contributed by atoms with E-state index >= 15 is 0 Å². The zero-order valence-electron chi connectivity index (χ0n) is 21.0. The zero-order valence-corrected chi connectivity index (χ0v) is 21.0. The van der Waals surface area contributed by atoms with Gasteiger partial charge in [0.2, 0.25) is 5.91 Å². The number of benzene rings is 3. The fraction of sp³-hybridized carbons (Fsp3) is 0.333. The highest BCUT2D eigenvalue weighted by molar-refractivity contribution is 5.80. The molecule has 2 amide bonds. The van der Waals surface area contributed by atoms with Crippen molar-refractivity contribution in [2.45, 2.75) is 59.2 Å². The molecule has 0 unspecified atom stereocenters. The van der Waals surface area contributed by atoms with Crippen LogP contribution in [-0.2, 0) is 22.6 Å². The summed E-state index contributed by atoms with van der Waals surface area (Å²) in [6.07, 6.45) is 0.620. The molecule has 0 aromatic heterocycles. The van der Waals surface area contributed by atoms with Gasteiger partial charge in [0.05, 0.1) is 6.04 Å². The Morgan fingerprint density at radius 3 is 2.49 bits per heavy atom. The lowest BCUT2D eigenvalue weighted by molar-refractivity contribution is -0.133. The van der Waals surface area contributed by atoms with Gasteiger partial charge >= 0.3 is 0 Å². The summed E-state index contributed by atoms with van der Waals surface area (Å²) >= 11 is 0. The van der Waals surface area contributed by atoms with Crippen LogP contribution in [0.4, 0.5) is 0 Å². The molecular weight excluding hydrogens is 436 g/mol. The van der Waals surface area contributed by atoms with Gasteiger partial charge in [-0.3, -0.25) is 9.59 Å². The first-order chi connectivity index (χ1) is 16.9. The summed E-state index contributed by atoms with van der Waals surface area (Å²) in [4.78, 5) is 27.5. The van der Waals surface area contributed by atoms with Crippen LogP contribution in [0.2, 0.25) is 0 Å². The van der Waals surface area contributed by atoms with Crippen molar-refractivity contribution in [3.05, 3.63) is 100 Å². The minimum absolute atomic E-state index is 0.136.